The third-order valence-corrected chi connectivity index (χ3v) is 4.49. The summed E-state index contributed by atoms with van der Waals surface area (Å²) < 4.78 is 44.1. The minimum atomic E-state index is -3.11. The van der Waals surface area contributed by atoms with E-state index in [1.54, 1.807) is 13.0 Å². The maximum Gasteiger partial charge on any atom is 0.275 e. The Balaban J connectivity index is 2.83. The number of rotatable bonds is 13. The molecule has 0 saturated heterocycles. The highest BCUT2D eigenvalue weighted by Gasteiger charge is 2.36. The number of aromatic nitrogens is 1. The standard InChI is InChI=1S/C22H33F3N4O/c1-7-8-9-19(27-6)18(16(3)26-5)12-28-11-17-10-15(2)20(13-29-17)30-14-22(4,25)21(23)24/h8-10,12-13,19,21,26-28H,3,7,11,14H2,1-2,4-6H3/b9-8-,18-12-. The van der Waals surface area contributed by atoms with Crippen LogP contribution in [0.25, 0.3) is 0 Å². The molecule has 1 heterocycles. The number of pyridine rings is 1. The summed E-state index contributed by atoms with van der Waals surface area (Å²) in [5.74, 6) is 0.281. The van der Waals surface area contributed by atoms with Gasteiger partial charge in [0.15, 0.2) is 0 Å². The smallest absolute Gasteiger partial charge is 0.275 e. The van der Waals surface area contributed by atoms with Crippen molar-refractivity contribution in [2.75, 3.05) is 20.7 Å². The van der Waals surface area contributed by atoms with Crippen LogP contribution in [0, 0.1) is 6.92 Å². The van der Waals surface area contributed by atoms with Gasteiger partial charge in [0.1, 0.15) is 12.4 Å². The van der Waals surface area contributed by atoms with Crippen LogP contribution in [0.5, 0.6) is 5.75 Å². The summed E-state index contributed by atoms with van der Waals surface area (Å²) in [6.45, 7) is 8.39. The summed E-state index contributed by atoms with van der Waals surface area (Å²) in [7, 11) is 3.69. The van der Waals surface area contributed by atoms with Crippen molar-refractivity contribution < 1.29 is 17.9 Å². The molecule has 1 aromatic rings. The van der Waals surface area contributed by atoms with E-state index in [0.717, 1.165) is 30.3 Å². The second-order valence-electron chi connectivity index (χ2n) is 7.12. The van der Waals surface area contributed by atoms with Gasteiger partial charge in [-0.2, -0.15) is 0 Å². The lowest BCUT2D eigenvalue weighted by Crippen LogP contribution is -2.35. The number of hydrogen-bond donors (Lipinski definition) is 3. The molecule has 30 heavy (non-hydrogen) atoms. The minimum Gasteiger partial charge on any atom is -0.488 e. The van der Waals surface area contributed by atoms with Gasteiger partial charge in [0, 0.05) is 24.5 Å². The lowest BCUT2D eigenvalue weighted by Gasteiger charge is -2.20. The lowest BCUT2D eigenvalue weighted by molar-refractivity contribution is -0.0484. The van der Waals surface area contributed by atoms with Crippen LogP contribution in [0.1, 0.15) is 31.5 Å². The molecule has 3 N–H and O–H groups in total. The van der Waals surface area contributed by atoms with Crippen molar-refractivity contribution in [1.29, 1.82) is 0 Å². The van der Waals surface area contributed by atoms with E-state index in [-0.39, 0.29) is 11.8 Å². The summed E-state index contributed by atoms with van der Waals surface area (Å²) >= 11 is 0. The summed E-state index contributed by atoms with van der Waals surface area (Å²) in [6.07, 6.45) is 5.27. The van der Waals surface area contributed by atoms with Gasteiger partial charge in [0.05, 0.1) is 24.5 Å². The Morgan fingerprint density at radius 2 is 2.07 bits per heavy atom. The van der Waals surface area contributed by atoms with Crippen LogP contribution in [0.2, 0.25) is 0 Å². The Hall–Kier alpha value is -2.48. The zero-order chi connectivity index (χ0) is 22.7. The van der Waals surface area contributed by atoms with Crippen LogP contribution in [0.4, 0.5) is 13.2 Å². The number of halogens is 3. The molecule has 8 heteroatoms. The number of ether oxygens (including phenoxy) is 1. The van der Waals surface area contributed by atoms with E-state index in [2.05, 4.69) is 46.6 Å². The predicted molar refractivity (Wildman–Crippen MR) is 115 cm³/mol. The molecular formula is C22H33F3N4O. The predicted octanol–water partition coefficient (Wildman–Crippen LogP) is 4.02. The average Bonchev–Trinajstić information content (AvgIpc) is 2.71. The summed E-state index contributed by atoms with van der Waals surface area (Å²) in [6, 6.07) is 1.76. The highest BCUT2D eigenvalue weighted by Crippen LogP contribution is 2.24. The monoisotopic (exact) mass is 426 g/mol. The molecule has 5 nitrogen and oxygen atoms in total. The van der Waals surface area contributed by atoms with Crippen LogP contribution in [0.15, 0.2) is 48.5 Å². The van der Waals surface area contributed by atoms with E-state index in [1.807, 2.05) is 20.3 Å². The van der Waals surface area contributed by atoms with E-state index in [9.17, 15) is 13.2 Å². The zero-order valence-electron chi connectivity index (χ0n) is 18.4. The first kappa shape index (κ1) is 25.6. The SMILES string of the molecule is C=C(NC)/C(=C/NCc1cc(C)c(OCC(C)(F)C(F)F)cn1)C(/C=C\CC)NC. The second kappa shape index (κ2) is 12.3. The fraction of sp³-hybridized carbons (Fsp3) is 0.500. The molecule has 1 rings (SSSR count). The van der Waals surface area contributed by atoms with Crippen molar-refractivity contribution in [2.24, 2.45) is 0 Å². The van der Waals surface area contributed by atoms with Gasteiger partial charge < -0.3 is 20.7 Å². The first-order valence-corrected chi connectivity index (χ1v) is 9.86. The van der Waals surface area contributed by atoms with Gasteiger partial charge in [-0.05, 0) is 38.9 Å². The fourth-order valence-electron chi connectivity index (χ4n) is 2.53. The Labute approximate surface area is 177 Å². The molecule has 0 bridgehead atoms. The van der Waals surface area contributed by atoms with Crippen LogP contribution in [0.3, 0.4) is 0 Å². The molecule has 0 spiro atoms. The van der Waals surface area contributed by atoms with E-state index in [1.165, 1.54) is 6.20 Å². The molecule has 2 atom stereocenters. The molecule has 0 saturated carbocycles. The number of aryl methyl sites for hydroxylation is 1. The highest BCUT2D eigenvalue weighted by molar-refractivity contribution is 5.35. The van der Waals surface area contributed by atoms with Crippen molar-refractivity contribution in [1.82, 2.24) is 20.9 Å². The van der Waals surface area contributed by atoms with E-state index < -0.39 is 18.7 Å². The number of hydrogen-bond acceptors (Lipinski definition) is 5. The van der Waals surface area contributed by atoms with Gasteiger partial charge in [-0.1, -0.05) is 25.7 Å². The van der Waals surface area contributed by atoms with Crippen LogP contribution >= 0.6 is 0 Å². The summed E-state index contributed by atoms with van der Waals surface area (Å²) in [4.78, 5) is 4.27. The molecule has 0 amide bonds. The van der Waals surface area contributed by atoms with Crippen LogP contribution in [-0.4, -0.2) is 43.8 Å². The molecule has 0 aliphatic carbocycles. The number of allylic oxidation sites excluding steroid dienone is 1. The molecule has 0 aliphatic rings. The van der Waals surface area contributed by atoms with Gasteiger partial charge in [-0.3, -0.25) is 4.98 Å². The van der Waals surface area contributed by atoms with E-state index in [4.69, 9.17) is 4.74 Å². The van der Waals surface area contributed by atoms with Gasteiger partial charge in [-0.25, -0.2) is 13.2 Å². The summed E-state index contributed by atoms with van der Waals surface area (Å²) in [5, 5.41) is 9.53. The third-order valence-electron chi connectivity index (χ3n) is 4.49. The number of nitrogens with one attached hydrogen (secondary N) is 3. The van der Waals surface area contributed by atoms with Crippen LogP contribution in [-0.2, 0) is 6.54 Å². The maximum atomic E-state index is 13.7. The quantitative estimate of drug-likeness (QED) is 0.329. The highest BCUT2D eigenvalue weighted by atomic mass is 19.3. The van der Waals surface area contributed by atoms with Gasteiger partial charge in [0.25, 0.3) is 6.43 Å². The van der Waals surface area contributed by atoms with Gasteiger partial charge in [-0.15, -0.1) is 0 Å². The molecule has 0 radical (unpaired) electrons. The van der Waals surface area contributed by atoms with Crippen molar-refractivity contribution in [3.05, 3.63) is 59.7 Å². The molecule has 0 aromatic carbocycles. The molecular weight excluding hydrogens is 393 g/mol. The molecule has 0 aliphatic heterocycles. The first-order chi connectivity index (χ1) is 14.2. The molecule has 2 unspecified atom stereocenters. The largest absolute Gasteiger partial charge is 0.488 e. The molecule has 0 fully saturated rings. The van der Waals surface area contributed by atoms with E-state index >= 15 is 0 Å². The van der Waals surface area contributed by atoms with Crippen molar-refractivity contribution in [2.45, 2.75) is 51.9 Å². The minimum absolute atomic E-state index is 0.00674. The molecule has 1 aromatic heterocycles. The number of alkyl halides is 3. The summed E-state index contributed by atoms with van der Waals surface area (Å²) in [5.41, 5.74) is 0.446. The lowest BCUT2D eigenvalue weighted by atomic mass is 10.0. The Morgan fingerprint density at radius 3 is 2.60 bits per heavy atom. The molecule has 168 valence electrons. The van der Waals surface area contributed by atoms with Crippen molar-refractivity contribution in [3.8, 4) is 5.75 Å². The topological polar surface area (TPSA) is 58.2 Å². The van der Waals surface area contributed by atoms with Gasteiger partial charge >= 0.3 is 0 Å². The van der Waals surface area contributed by atoms with Gasteiger partial charge in [0.2, 0.25) is 5.67 Å². The first-order valence-electron chi connectivity index (χ1n) is 9.86. The second-order valence-corrected chi connectivity index (χ2v) is 7.12. The van der Waals surface area contributed by atoms with Crippen molar-refractivity contribution >= 4 is 0 Å². The normalized spacial score (nSPS) is 15.2. The Bertz CT molecular complexity index is 748. The third kappa shape index (κ3) is 7.74. The van der Waals surface area contributed by atoms with Crippen LogP contribution < -0.4 is 20.7 Å². The van der Waals surface area contributed by atoms with Crippen molar-refractivity contribution in [3.63, 3.8) is 0 Å². The maximum absolute atomic E-state index is 13.7. The average molecular weight is 427 g/mol. The fourth-order valence-corrected chi connectivity index (χ4v) is 2.53. The zero-order valence-corrected chi connectivity index (χ0v) is 18.4. The number of likely N-dealkylation sites (N-methyl/N-ethyl adjacent to an activating group) is 2. The Morgan fingerprint density at radius 1 is 1.37 bits per heavy atom. The Kier molecular flexibility index (Phi) is 10.5. The van der Waals surface area contributed by atoms with E-state index in [0.29, 0.717) is 12.1 Å². The number of nitrogens with zero attached hydrogens (tertiary/aromatic N) is 1.